The Morgan fingerprint density at radius 2 is 1.95 bits per heavy atom. The number of halogens is 1. The van der Waals surface area contributed by atoms with Gasteiger partial charge in [-0.25, -0.2) is 4.39 Å². The predicted octanol–water partition coefficient (Wildman–Crippen LogP) is 1.27. The Bertz CT molecular complexity index is 372. The quantitative estimate of drug-likeness (QED) is 0.418. The van der Waals surface area contributed by atoms with Crippen molar-refractivity contribution in [3.05, 3.63) is 0 Å². The standard InChI is InChI=1S/C14H22FNO5/c1-2-3-4-5-10(6-7-17)14(21)16-11(8-13(19)20)12(18)9-15/h7,10-11H,2-6,8-9H2,1H3,(H,16,21)(H,19,20). The summed E-state index contributed by atoms with van der Waals surface area (Å²) in [6.45, 7) is 0.657. The number of aliphatic carboxylic acids is 1. The van der Waals surface area contributed by atoms with Crippen molar-refractivity contribution in [1.82, 2.24) is 5.32 Å². The molecule has 120 valence electrons. The summed E-state index contributed by atoms with van der Waals surface area (Å²) >= 11 is 0. The van der Waals surface area contributed by atoms with Gasteiger partial charge in [0.25, 0.3) is 0 Å². The number of hydrogen-bond acceptors (Lipinski definition) is 4. The van der Waals surface area contributed by atoms with E-state index in [9.17, 15) is 23.6 Å². The number of ketones is 1. The van der Waals surface area contributed by atoms with Gasteiger partial charge < -0.3 is 15.2 Å². The van der Waals surface area contributed by atoms with Crippen LogP contribution in [-0.2, 0) is 19.2 Å². The number of unbranched alkanes of at least 4 members (excludes halogenated alkanes) is 2. The average molecular weight is 303 g/mol. The van der Waals surface area contributed by atoms with Crippen LogP contribution in [0.25, 0.3) is 0 Å². The van der Waals surface area contributed by atoms with Gasteiger partial charge in [0.15, 0.2) is 5.78 Å². The number of carboxylic acids is 1. The molecule has 0 radical (unpaired) electrons. The van der Waals surface area contributed by atoms with Crippen LogP contribution in [0, 0.1) is 5.92 Å². The first-order valence-corrected chi connectivity index (χ1v) is 7.00. The summed E-state index contributed by atoms with van der Waals surface area (Å²) in [6.07, 6.45) is 3.03. The number of aldehydes is 1. The summed E-state index contributed by atoms with van der Waals surface area (Å²) in [5.74, 6) is -3.48. The molecule has 21 heavy (non-hydrogen) atoms. The van der Waals surface area contributed by atoms with E-state index < -0.39 is 42.7 Å². The van der Waals surface area contributed by atoms with Gasteiger partial charge in [0, 0.05) is 12.3 Å². The first-order chi connectivity index (χ1) is 9.96. The minimum Gasteiger partial charge on any atom is -0.481 e. The number of Topliss-reactive ketones (excluding diaryl/α,β-unsaturated/α-hetero) is 1. The van der Waals surface area contributed by atoms with Crippen LogP contribution in [0.4, 0.5) is 4.39 Å². The van der Waals surface area contributed by atoms with Crippen molar-refractivity contribution in [2.75, 3.05) is 6.67 Å². The Hall–Kier alpha value is -1.79. The molecule has 0 spiro atoms. The van der Waals surface area contributed by atoms with Crippen molar-refractivity contribution in [1.29, 1.82) is 0 Å². The summed E-state index contributed by atoms with van der Waals surface area (Å²) in [6, 6.07) is -1.39. The second-order valence-electron chi connectivity index (χ2n) is 4.85. The number of hydrogen-bond donors (Lipinski definition) is 2. The van der Waals surface area contributed by atoms with Crippen LogP contribution in [0.5, 0.6) is 0 Å². The van der Waals surface area contributed by atoms with Crippen LogP contribution < -0.4 is 5.32 Å². The number of amides is 1. The molecule has 2 unspecified atom stereocenters. The van der Waals surface area contributed by atoms with Crippen LogP contribution in [-0.4, -0.2) is 41.8 Å². The molecule has 0 aliphatic carbocycles. The van der Waals surface area contributed by atoms with Crippen LogP contribution in [0.3, 0.4) is 0 Å². The Labute approximate surface area is 123 Å². The lowest BCUT2D eigenvalue weighted by Gasteiger charge is -2.19. The van der Waals surface area contributed by atoms with E-state index in [1.54, 1.807) is 0 Å². The molecule has 1 amide bonds. The Kier molecular flexibility index (Phi) is 10.0. The zero-order valence-electron chi connectivity index (χ0n) is 12.1. The largest absolute Gasteiger partial charge is 0.481 e. The molecule has 0 rings (SSSR count). The lowest BCUT2D eigenvalue weighted by Crippen LogP contribution is -2.45. The summed E-state index contributed by atoms with van der Waals surface area (Å²) in [5, 5.41) is 10.9. The highest BCUT2D eigenvalue weighted by Crippen LogP contribution is 2.14. The second kappa shape index (κ2) is 10.9. The molecule has 0 fully saturated rings. The van der Waals surface area contributed by atoms with Crippen molar-refractivity contribution in [3.8, 4) is 0 Å². The van der Waals surface area contributed by atoms with Gasteiger partial charge in [-0.3, -0.25) is 14.4 Å². The van der Waals surface area contributed by atoms with E-state index in [0.717, 1.165) is 19.3 Å². The topological polar surface area (TPSA) is 101 Å². The van der Waals surface area contributed by atoms with Gasteiger partial charge in [-0.1, -0.05) is 26.2 Å². The molecule has 2 atom stereocenters. The maximum Gasteiger partial charge on any atom is 0.305 e. The Balaban J connectivity index is 4.68. The molecule has 2 N–H and O–H groups in total. The van der Waals surface area contributed by atoms with Crippen LogP contribution in [0.15, 0.2) is 0 Å². The molecule has 0 saturated heterocycles. The van der Waals surface area contributed by atoms with E-state index >= 15 is 0 Å². The summed E-state index contributed by atoms with van der Waals surface area (Å²) in [4.78, 5) is 44.5. The molecular weight excluding hydrogens is 281 g/mol. The minimum absolute atomic E-state index is 0.000839. The summed E-state index contributed by atoms with van der Waals surface area (Å²) in [5.41, 5.74) is 0. The molecule has 0 aromatic rings. The van der Waals surface area contributed by atoms with Crippen LogP contribution in [0.1, 0.15) is 45.4 Å². The first-order valence-electron chi connectivity index (χ1n) is 7.00. The van der Waals surface area contributed by atoms with Crippen molar-refractivity contribution < 1.29 is 28.7 Å². The van der Waals surface area contributed by atoms with E-state index in [2.05, 4.69) is 5.32 Å². The van der Waals surface area contributed by atoms with Gasteiger partial charge in [0.05, 0.1) is 6.42 Å². The SMILES string of the molecule is CCCCCC(CC=O)C(=O)NC(CC(=O)O)C(=O)CF. The lowest BCUT2D eigenvalue weighted by molar-refractivity contribution is -0.140. The average Bonchev–Trinajstić information content (AvgIpc) is 2.44. The fourth-order valence-electron chi connectivity index (χ4n) is 1.92. The third kappa shape index (κ3) is 8.16. The number of alkyl halides is 1. The van der Waals surface area contributed by atoms with Crippen molar-refractivity contribution in [3.63, 3.8) is 0 Å². The molecule has 0 aromatic carbocycles. The zero-order chi connectivity index (χ0) is 16.3. The normalized spacial score (nSPS) is 13.2. The molecular formula is C14H22FNO5. The maximum atomic E-state index is 12.4. The molecule has 6 nitrogen and oxygen atoms in total. The van der Waals surface area contributed by atoms with Gasteiger partial charge in [0.2, 0.25) is 5.91 Å². The lowest BCUT2D eigenvalue weighted by atomic mass is 9.96. The van der Waals surface area contributed by atoms with E-state index in [1.165, 1.54) is 0 Å². The predicted molar refractivity (Wildman–Crippen MR) is 73.5 cm³/mol. The number of carbonyl (C=O) groups is 4. The highest BCUT2D eigenvalue weighted by atomic mass is 19.1. The maximum absolute atomic E-state index is 12.4. The van der Waals surface area contributed by atoms with Crippen molar-refractivity contribution >= 4 is 23.9 Å². The fourth-order valence-corrected chi connectivity index (χ4v) is 1.92. The molecule has 0 bridgehead atoms. The van der Waals surface area contributed by atoms with Crippen molar-refractivity contribution in [2.45, 2.75) is 51.5 Å². The minimum atomic E-state index is -1.39. The zero-order valence-corrected chi connectivity index (χ0v) is 12.1. The van der Waals surface area contributed by atoms with Gasteiger partial charge >= 0.3 is 5.97 Å². The number of carbonyl (C=O) groups excluding carboxylic acids is 3. The highest BCUT2D eigenvalue weighted by molar-refractivity contribution is 5.93. The number of nitrogens with one attached hydrogen (secondary N) is 1. The third-order valence-corrected chi connectivity index (χ3v) is 3.12. The molecule has 0 saturated carbocycles. The van der Waals surface area contributed by atoms with Crippen LogP contribution >= 0.6 is 0 Å². The van der Waals surface area contributed by atoms with E-state index in [-0.39, 0.29) is 6.42 Å². The Morgan fingerprint density at radius 1 is 1.29 bits per heavy atom. The van der Waals surface area contributed by atoms with E-state index in [0.29, 0.717) is 12.7 Å². The van der Waals surface area contributed by atoms with Crippen molar-refractivity contribution in [2.24, 2.45) is 5.92 Å². The van der Waals surface area contributed by atoms with Gasteiger partial charge in [-0.15, -0.1) is 0 Å². The molecule has 0 aliphatic rings. The van der Waals surface area contributed by atoms with E-state index in [1.807, 2.05) is 6.92 Å². The van der Waals surface area contributed by atoms with E-state index in [4.69, 9.17) is 5.11 Å². The molecule has 0 aromatic heterocycles. The monoisotopic (exact) mass is 303 g/mol. The summed E-state index contributed by atoms with van der Waals surface area (Å²) in [7, 11) is 0. The number of rotatable bonds is 12. The first kappa shape index (κ1) is 19.2. The van der Waals surface area contributed by atoms with Gasteiger partial charge in [-0.2, -0.15) is 0 Å². The molecule has 0 heterocycles. The highest BCUT2D eigenvalue weighted by Gasteiger charge is 2.26. The fraction of sp³-hybridized carbons (Fsp3) is 0.714. The molecule has 0 aliphatic heterocycles. The van der Waals surface area contributed by atoms with Crippen LogP contribution in [0.2, 0.25) is 0 Å². The van der Waals surface area contributed by atoms with Gasteiger partial charge in [-0.05, 0) is 6.42 Å². The second-order valence-corrected chi connectivity index (χ2v) is 4.85. The summed E-state index contributed by atoms with van der Waals surface area (Å²) < 4.78 is 12.4. The smallest absolute Gasteiger partial charge is 0.305 e. The number of carboxylic acid groups (broad SMARTS) is 1. The molecule has 7 heteroatoms. The Morgan fingerprint density at radius 3 is 2.43 bits per heavy atom. The third-order valence-electron chi connectivity index (χ3n) is 3.12. The van der Waals surface area contributed by atoms with Gasteiger partial charge in [0.1, 0.15) is 19.0 Å².